The van der Waals surface area contributed by atoms with Gasteiger partial charge in [-0.3, -0.25) is 0 Å². The number of aliphatic hydroxyl groups excluding tert-OH is 1. The Hall–Kier alpha value is -1.13. The summed E-state index contributed by atoms with van der Waals surface area (Å²) in [7, 11) is 1.51. The molecule has 0 unspecified atom stereocenters. The van der Waals surface area contributed by atoms with E-state index in [1.165, 1.54) is 7.11 Å². The highest BCUT2D eigenvalue weighted by Crippen LogP contribution is 2.20. The molecule has 0 bridgehead atoms. The third kappa shape index (κ3) is 1.72. The van der Waals surface area contributed by atoms with Crippen molar-refractivity contribution in [2.75, 3.05) is 13.7 Å². The Morgan fingerprint density at radius 3 is 3.08 bits per heavy atom. The van der Waals surface area contributed by atoms with Gasteiger partial charge >= 0.3 is 0 Å². The lowest BCUT2D eigenvalue weighted by Gasteiger charge is -2.10. The van der Waals surface area contributed by atoms with Gasteiger partial charge in [-0.15, -0.1) is 0 Å². The van der Waals surface area contributed by atoms with E-state index in [2.05, 4.69) is 4.98 Å². The molecule has 1 atom stereocenters. The number of ether oxygens (including phenoxy) is 1. The Labute approximate surface area is 71.0 Å². The molecular formula is C8H12N2O2. The smallest absolute Gasteiger partial charge is 0.218 e. The predicted octanol–water partition coefficient (Wildman–Crippen LogP) is 0.0823. The monoisotopic (exact) mass is 168 g/mol. The molecule has 1 rings (SSSR count). The highest BCUT2D eigenvalue weighted by Gasteiger charge is 2.10. The minimum atomic E-state index is -0.700. The SMILES string of the molecule is COc1ncccc1[C@H](O)CN. The molecule has 66 valence electrons. The first kappa shape index (κ1) is 8.96. The molecule has 12 heavy (non-hydrogen) atoms. The molecule has 1 heterocycles. The zero-order chi connectivity index (χ0) is 8.97. The van der Waals surface area contributed by atoms with Gasteiger partial charge in [-0.25, -0.2) is 4.98 Å². The van der Waals surface area contributed by atoms with Crippen LogP contribution in [0, 0.1) is 0 Å². The molecule has 0 fully saturated rings. The summed E-state index contributed by atoms with van der Waals surface area (Å²) < 4.78 is 4.94. The minimum Gasteiger partial charge on any atom is -0.481 e. The molecule has 0 aliphatic rings. The van der Waals surface area contributed by atoms with Crippen LogP contribution >= 0.6 is 0 Å². The van der Waals surface area contributed by atoms with Crippen LogP contribution in [0.1, 0.15) is 11.7 Å². The molecule has 4 heteroatoms. The zero-order valence-electron chi connectivity index (χ0n) is 6.90. The van der Waals surface area contributed by atoms with Crippen molar-refractivity contribution in [2.45, 2.75) is 6.10 Å². The van der Waals surface area contributed by atoms with Gasteiger partial charge in [0, 0.05) is 18.3 Å². The summed E-state index contributed by atoms with van der Waals surface area (Å²) in [6, 6.07) is 3.47. The number of hydrogen-bond acceptors (Lipinski definition) is 4. The maximum absolute atomic E-state index is 9.40. The number of rotatable bonds is 3. The van der Waals surface area contributed by atoms with Crippen LogP contribution in [0.25, 0.3) is 0 Å². The fourth-order valence-electron chi connectivity index (χ4n) is 0.954. The average molecular weight is 168 g/mol. The quantitative estimate of drug-likeness (QED) is 0.670. The van der Waals surface area contributed by atoms with Crippen molar-refractivity contribution >= 4 is 0 Å². The summed E-state index contributed by atoms with van der Waals surface area (Å²) in [5.41, 5.74) is 5.92. The lowest BCUT2D eigenvalue weighted by atomic mass is 10.1. The maximum Gasteiger partial charge on any atom is 0.218 e. The van der Waals surface area contributed by atoms with Gasteiger partial charge in [0.05, 0.1) is 13.2 Å². The van der Waals surface area contributed by atoms with Crippen molar-refractivity contribution in [1.82, 2.24) is 4.98 Å². The molecule has 0 saturated carbocycles. The number of methoxy groups -OCH3 is 1. The van der Waals surface area contributed by atoms with Crippen LogP contribution in [-0.4, -0.2) is 23.7 Å². The second-order valence-corrected chi connectivity index (χ2v) is 2.35. The molecule has 1 aromatic heterocycles. The fourth-order valence-corrected chi connectivity index (χ4v) is 0.954. The van der Waals surface area contributed by atoms with Crippen molar-refractivity contribution in [3.8, 4) is 5.88 Å². The largest absolute Gasteiger partial charge is 0.481 e. The van der Waals surface area contributed by atoms with Gasteiger partial charge in [-0.1, -0.05) is 0 Å². The van der Waals surface area contributed by atoms with Gasteiger partial charge in [-0.05, 0) is 12.1 Å². The summed E-state index contributed by atoms with van der Waals surface area (Å²) >= 11 is 0. The van der Waals surface area contributed by atoms with E-state index >= 15 is 0 Å². The van der Waals surface area contributed by atoms with Crippen molar-refractivity contribution in [2.24, 2.45) is 5.73 Å². The van der Waals surface area contributed by atoms with Crippen LogP contribution in [0.15, 0.2) is 18.3 Å². The lowest BCUT2D eigenvalue weighted by molar-refractivity contribution is 0.181. The van der Waals surface area contributed by atoms with Crippen LogP contribution in [-0.2, 0) is 0 Å². The third-order valence-corrected chi connectivity index (χ3v) is 1.58. The van der Waals surface area contributed by atoms with Crippen molar-refractivity contribution < 1.29 is 9.84 Å². The standard InChI is InChI=1S/C8H12N2O2/c1-12-8-6(7(11)5-9)3-2-4-10-8/h2-4,7,11H,5,9H2,1H3/t7-/m1/s1. The molecule has 1 aromatic rings. The molecule has 0 spiro atoms. The summed E-state index contributed by atoms with van der Waals surface area (Å²) in [5, 5.41) is 9.40. The molecule has 0 aliphatic heterocycles. The fraction of sp³-hybridized carbons (Fsp3) is 0.375. The number of pyridine rings is 1. The second-order valence-electron chi connectivity index (χ2n) is 2.35. The normalized spacial score (nSPS) is 12.6. The molecule has 0 radical (unpaired) electrons. The number of nitrogens with zero attached hydrogens (tertiary/aromatic N) is 1. The van der Waals surface area contributed by atoms with Crippen LogP contribution in [0.2, 0.25) is 0 Å². The topological polar surface area (TPSA) is 68.4 Å². The van der Waals surface area contributed by atoms with E-state index in [0.29, 0.717) is 11.4 Å². The van der Waals surface area contributed by atoms with E-state index in [1.54, 1.807) is 18.3 Å². The Morgan fingerprint density at radius 1 is 1.75 bits per heavy atom. The van der Waals surface area contributed by atoms with Crippen molar-refractivity contribution in [3.63, 3.8) is 0 Å². The van der Waals surface area contributed by atoms with Gasteiger partial charge in [0.1, 0.15) is 0 Å². The summed E-state index contributed by atoms with van der Waals surface area (Å²) in [5.74, 6) is 0.426. The number of nitrogens with two attached hydrogens (primary N) is 1. The van der Waals surface area contributed by atoms with Crippen LogP contribution in [0.5, 0.6) is 5.88 Å². The van der Waals surface area contributed by atoms with Gasteiger partial charge in [0.2, 0.25) is 5.88 Å². The second kappa shape index (κ2) is 4.04. The summed E-state index contributed by atoms with van der Waals surface area (Å²) in [6.07, 6.45) is 0.902. The molecule has 0 aromatic carbocycles. The van der Waals surface area contributed by atoms with E-state index in [1.807, 2.05) is 0 Å². The van der Waals surface area contributed by atoms with Crippen LogP contribution in [0.3, 0.4) is 0 Å². The van der Waals surface area contributed by atoms with Gasteiger partial charge < -0.3 is 15.6 Å². The summed E-state index contributed by atoms with van der Waals surface area (Å²) in [4.78, 5) is 3.93. The van der Waals surface area contributed by atoms with Crippen molar-refractivity contribution in [1.29, 1.82) is 0 Å². The third-order valence-electron chi connectivity index (χ3n) is 1.58. The first-order chi connectivity index (χ1) is 5.79. The van der Waals surface area contributed by atoms with E-state index in [0.717, 1.165) is 0 Å². The first-order valence-electron chi connectivity index (χ1n) is 3.66. The van der Waals surface area contributed by atoms with Gasteiger partial charge in [-0.2, -0.15) is 0 Å². The van der Waals surface area contributed by atoms with Crippen LogP contribution < -0.4 is 10.5 Å². The summed E-state index contributed by atoms with van der Waals surface area (Å²) in [6.45, 7) is 0.169. The van der Waals surface area contributed by atoms with E-state index in [-0.39, 0.29) is 6.54 Å². The van der Waals surface area contributed by atoms with E-state index in [4.69, 9.17) is 10.5 Å². The van der Waals surface area contributed by atoms with Crippen LogP contribution in [0.4, 0.5) is 0 Å². The average Bonchev–Trinajstić information content (AvgIpc) is 2.16. The van der Waals surface area contributed by atoms with Gasteiger partial charge in [0.25, 0.3) is 0 Å². The van der Waals surface area contributed by atoms with E-state index < -0.39 is 6.10 Å². The molecular weight excluding hydrogens is 156 g/mol. The zero-order valence-corrected chi connectivity index (χ0v) is 6.90. The molecule has 4 nitrogen and oxygen atoms in total. The Morgan fingerprint density at radius 2 is 2.50 bits per heavy atom. The highest BCUT2D eigenvalue weighted by molar-refractivity contribution is 5.27. The highest BCUT2D eigenvalue weighted by atomic mass is 16.5. The lowest BCUT2D eigenvalue weighted by Crippen LogP contribution is -2.12. The Kier molecular flexibility index (Phi) is 3.01. The van der Waals surface area contributed by atoms with Crippen molar-refractivity contribution in [3.05, 3.63) is 23.9 Å². The van der Waals surface area contributed by atoms with Gasteiger partial charge in [0.15, 0.2) is 0 Å². The molecule has 0 aliphatic carbocycles. The number of aliphatic hydroxyl groups is 1. The number of hydrogen-bond donors (Lipinski definition) is 2. The van der Waals surface area contributed by atoms with E-state index in [9.17, 15) is 5.11 Å². The Bertz CT molecular complexity index is 253. The maximum atomic E-state index is 9.40. The molecule has 0 saturated heterocycles. The minimum absolute atomic E-state index is 0.169. The Balaban J connectivity index is 2.96. The molecule has 3 N–H and O–H groups in total. The first-order valence-corrected chi connectivity index (χ1v) is 3.66. The predicted molar refractivity (Wildman–Crippen MR) is 44.8 cm³/mol. The number of aromatic nitrogens is 1. The molecule has 0 amide bonds.